The summed E-state index contributed by atoms with van der Waals surface area (Å²) in [6, 6.07) is 16.1. The summed E-state index contributed by atoms with van der Waals surface area (Å²) in [5.41, 5.74) is 3.69. The van der Waals surface area contributed by atoms with Gasteiger partial charge < -0.3 is 15.3 Å². The second-order valence-corrected chi connectivity index (χ2v) is 11.2. The standard InChI is InChI=1S/C29H29F3N6.C2HF3O2/c1-28(2,3)19-9-11-20(12-10-19)35-25-21-13-17-38(27-22(29(30,31)32)7-6-16-34-27)18-14-23(21)36-26(37-25)24-8-4-5-15-33-24;3-2(4,5)1(6)7/h4-12,15-16H,13-14,17-18H2,1-3H3,(H,35,36,37);(H,6,7). The fraction of sp³-hybridized carbons (Fsp3) is 0.323. The summed E-state index contributed by atoms with van der Waals surface area (Å²) in [7, 11) is 0. The number of halogens is 6. The Kier molecular flexibility index (Phi) is 9.64. The lowest BCUT2D eigenvalue weighted by Crippen LogP contribution is -2.29. The van der Waals surface area contributed by atoms with Crippen molar-refractivity contribution in [2.24, 2.45) is 0 Å². The minimum absolute atomic E-state index is 0.0286. The number of anilines is 3. The first-order valence-electron chi connectivity index (χ1n) is 13.8. The first-order valence-corrected chi connectivity index (χ1v) is 13.8. The Morgan fingerprint density at radius 1 is 0.844 bits per heavy atom. The zero-order chi connectivity index (χ0) is 33.0. The van der Waals surface area contributed by atoms with Gasteiger partial charge in [0.05, 0.1) is 11.3 Å². The smallest absolute Gasteiger partial charge is 0.475 e. The Balaban J connectivity index is 0.000000591. The fourth-order valence-corrected chi connectivity index (χ4v) is 4.58. The Morgan fingerprint density at radius 2 is 1.49 bits per heavy atom. The zero-order valence-corrected chi connectivity index (χ0v) is 24.5. The van der Waals surface area contributed by atoms with Gasteiger partial charge in [-0.25, -0.2) is 19.7 Å². The number of carboxylic acids is 1. The van der Waals surface area contributed by atoms with Crippen LogP contribution >= 0.6 is 0 Å². The van der Waals surface area contributed by atoms with Gasteiger partial charge in [0.25, 0.3) is 0 Å². The van der Waals surface area contributed by atoms with Crippen LogP contribution in [0.25, 0.3) is 11.5 Å². The number of aromatic nitrogens is 4. The SMILES string of the molecule is CC(C)(C)c1ccc(Nc2nc(-c3ccccn3)nc3c2CCN(c2ncccc2C(F)(F)F)CC3)cc1.O=C(O)C(F)(F)F. The van der Waals surface area contributed by atoms with Crippen LogP contribution in [0.3, 0.4) is 0 Å². The largest absolute Gasteiger partial charge is 0.490 e. The zero-order valence-electron chi connectivity index (χ0n) is 24.5. The normalized spacial score (nSPS) is 13.7. The van der Waals surface area contributed by atoms with Crippen molar-refractivity contribution in [3.05, 3.63) is 89.4 Å². The van der Waals surface area contributed by atoms with Crippen LogP contribution < -0.4 is 10.2 Å². The average molecular weight is 633 g/mol. The molecule has 0 fully saturated rings. The molecule has 1 aliphatic heterocycles. The predicted octanol–water partition coefficient (Wildman–Crippen LogP) is 7.23. The van der Waals surface area contributed by atoms with E-state index >= 15 is 0 Å². The van der Waals surface area contributed by atoms with Crippen LogP contribution in [0.4, 0.5) is 43.7 Å². The van der Waals surface area contributed by atoms with E-state index in [2.05, 4.69) is 48.2 Å². The van der Waals surface area contributed by atoms with E-state index in [-0.39, 0.29) is 11.2 Å². The highest BCUT2D eigenvalue weighted by Crippen LogP contribution is 2.36. The van der Waals surface area contributed by atoms with Crippen molar-refractivity contribution < 1.29 is 36.2 Å². The third-order valence-electron chi connectivity index (χ3n) is 6.88. The second-order valence-electron chi connectivity index (χ2n) is 11.2. The Morgan fingerprint density at radius 3 is 2.07 bits per heavy atom. The highest BCUT2D eigenvalue weighted by atomic mass is 19.4. The molecule has 0 aliphatic carbocycles. The van der Waals surface area contributed by atoms with Crippen molar-refractivity contribution in [1.82, 2.24) is 19.9 Å². The van der Waals surface area contributed by atoms with E-state index in [4.69, 9.17) is 19.9 Å². The monoisotopic (exact) mass is 632 g/mol. The van der Waals surface area contributed by atoms with Crippen LogP contribution in [-0.2, 0) is 29.2 Å². The molecule has 0 bridgehead atoms. The number of nitrogens with one attached hydrogen (secondary N) is 1. The lowest BCUT2D eigenvalue weighted by Gasteiger charge is -2.24. The molecular formula is C31H30F6N6O2. The van der Waals surface area contributed by atoms with Gasteiger partial charge in [0.1, 0.15) is 17.3 Å². The number of nitrogens with zero attached hydrogens (tertiary/aromatic N) is 5. The van der Waals surface area contributed by atoms with Gasteiger partial charge in [0, 0.05) is 43.2 Å². The molecule has 4 heterocycles. The highest BCUT2D eigenvalue weighted by molar-refractivity contribution is 5.73. The lowest BCUT2D eigenvalue weighted by atomic mass is 9.87. The highest BCUT2D eigenvalue weighted by Gasteiger charge is 2.38. The molecule has 14 heteroatoms. The van der Waals surface area contributed by atoms with Gasteiger partial charge in [0.15, 0.2) is 5.82 Å². The van der Waals surface area contributed by atoms with Gasteiger partial charge in [0.2, 0.25) is 0 Å². The van der Waals surface area contributed by atoms with Gasteiger partial charge in [-0.2, -0.15) is 26.3 Å². The maximum Gasteiger partial charge on any atom is 0.490 e. The summed E-state index contributed by atoms with van der Waals surface area (Å²) in [6.45, 7) is 7.20. The van der Waals surface area contributed by atoms with E-state index in [1.54, 1.807) is 11.1 Å². The van der Waals surface area contributed by atoms with Gasteiger partial charge in [-0.1, -0.05) is 39.0 Å². The Bertz CT molecular complexity index is 1620. The van der Waals surface area contributed by atoms with Gasteiger partial charge >= 0.3 is 18.3 Å². The van der Waals surface area contributed by atoms with Crippen LogP contribution in [0.1, 0.15) is 43.2 Å². The summed E-state index contributed by atoms with van der Waals surface area (Å²) in [5, 5.41) is 10.6. The van der Waals surface area contributed by atoms with E-state index < -0.39 is 23.9 Å². The van der Waals surface area contributed by atoms with Crippen LogP contribution in [0.15, 0.2) is 67.0 Å². The van der Waals surface area contributed by atoms with Gasteiger partial charge in [-0.05, 0) is 53.8 Å². The molecule has 0 atom stereocenters. The van der Waals surface area contributed by atoms with Crippen LogP contribution in [0.5, 0.6) is 0 Å². The van der Waals surface area contributed by atoms with Crippen molar-refractivity contribution in [3.63, 3.8) is 0 Å². The van der Waals surface area contributed by atoms with E-state index in [1.165, 1.54) is 17.8 Å². The number of aliphatic carboxylic acids is 1. The number of fused-ring (bicyclic) bond motifs is 1. The van der Waals surface area contributed by atoms with E-state index in [0.29, 0.717) is 43.3 Å². The number of carbonyl (C=O) groups is 1. The Hall–Kier alpha value is -4.75. The summed E-state index contributed by atoms with van der Waals surface area (Å²) in [5.74, 6) is -1.70. The van der Waals surface area contributed by atoms with Crippen molar-refractivity contribution >= 4 is 23.3 Å². The fourth-order valence-electron chi connectivity index (χ4n) is 4.58. The van der Waals surface area contributed by atoms with E-state index in [0.717, 1.165) is 23.0 Å². The summed E-state index contributed by atoms with van der Waals surface area (Å²) >= 11 is 0. The van der Waals surface area contributed by atoms with Gasteiger partial charge in [-0.15, -0.1) is 0 Å². The maximum atomic E-state index is 13.7. The molecule has 0 amide bonds. The molecule has 4 aromatic rings. The third-order valence-corrected chi connectivity index (χ3v) is 6.88. The lowest BCUT2D eigenvalue weighted by molar-refractivity contribution is -0.192. The first-order chi connectivity index (χ1) is 21.0. The number of hydrogen-bond acceptors (Lipinski definition) is 7. The van der Waals surface area contributed by atoms with Crippen molar-refractivity contribution in [1.29, 1.82) is 0 Å². The minimum Gasteiger partial charge on any atom is -0.475 e. The first kappa shape index (κ1) is 33.1. The number of hydrogen-bond donors (Lipinski definition) is 2. The molecule has 1 aliphatic rings. The molecular weight excluding hydrogens is 602 g/mol. The average Bonchev–Trinajstić information content (AvgIpc) is 3.20. The number of pyridine rings is 2. The van der Waals surface area contributed by atoms with Crippen LogP contribution in [0, 0.1) is 0 Å². The quantitative estimate of drug-likeness (QED) is 0.227. The summed E-state index contributed by atoms with van der Waals surface area (Å²) < 4.78 is 72.9. The molecule has 0 unspecified atom stereocenters. The molecule has 0 saturated carbocycles. The van der Waals surface area contributed by atoms with Crippen molar-refractivity contribution in [3.8, 4) is 11.5 Å². The molecule has 0 spiro atoms. The molecule has 3 aromatic heterocycles. The molecule has 45 heavy (non-hydrogen) atoms. The predicted molar refractivity (Wildman–Crippen MR) is 156 cm³/mol. The number of benzene rings is 1. The molecule has 0 saturated heterocycles. The second kappa shape index (κ2) is 13.1. The van der Waals surface area contributed by atoms with E-state index in [9.17, 15) is 26.3 Å². The van der Waals surface area contributed by atoms with Gasteiger partial charge in [-0.3, -0.25) is 4.98 Å². The topological polar surface area (TPSA) is 104 Å². The van der Waals surface area contributed by atoms with Crippen molar-refractivity contribution in [2.75, 3.05) is 23.3 Å². The summed E-state index contributed by atoms with van der Waals surface area (Å²) in [6.07, 6.45) is -5.57. The molecule has 8 nitrogen and oxygen atoms in total. The van der Waals surface area contributed by atoms with E-state index in [1.807, 2.05) is 30.3 Å². The molecule has 5 rings (SSSR count). The Labute approximate surface area is 255 Å². The maximum absolute atomic E-state index is 13.7. The third kappa shape index (κ3) is 8.46. The molecule has 2 N–H and O–H groups in total. The van der Waals surface area contributed by atoms with Crippen molar-refractivity contribution in [2.45, 2.75) is 51.4 Å². The van der Waals surface area contributed by atoms with Crippen LogP contribution in [0.2, 0.25) is 0 Å². The molecule has 238 valence electrons. The molecule has 0 radical (unpaired) electrons. The molecule has 1 aromatic carbocycles. The van der Waals surface area contributed by atoms with Crippen LogP contribution in [-0.4, -0.2) is 50.3 Å². The number of rotatable bonds is 4. The number of carboxylic acid groups (broad SMARTS) is 1. The summed E-state index contributed by atoms with van der Waals surface area (Å²) in [4.78, 5) is 28.7. The minimum atomic E-state index is -5.08. The number of alkyl halides is 6.